The quantitative estimate of drug-likeness (QED) is 0.812. The lowest BCUT2D eigenvalue weighted by Gasteiger charge is -2.32. The highest BCUT2D eigenvalue weighted by Crippen LogP contribution is 2.49. The van der Waals surface area contributed by atoms with Crippen LogP contribution in [0.1, 0.15) is 31.5 Å². The molecule has 2 aliphatic rings. The molecule has 2 unspecified atom stereocenters. The number of rotatable bonds is 6. The Morgan fingerprint density at radius 3 is 2.67 bits per heavy atom. The van der Waals surface area contributed by atoms with Crippen molar-refractivity contribution in [1.82, 2.24) is 19.9 Å². The molecule has 0 amide bonds. The normalized spacial score (nSPS) is 22.7. The molecule has 2 atom stereocenters. The van der Waals surface area contributed by atoms with Crippen LogP contribution in [0, 0.1) is 24.7 Å². The Morgan fingerprint density at radius 2 is 1.96 bits per heavy atom. The average Bonchev–Trinajstić information content (AvgIpc) is 3.41. The first kappa shape index (κ1) is 18.2. The molecule has 1 saturated heterocycles. The Morgan fingerprint density at radius 1 is 1.22 bits per heavy atom. The van der Waals surface area contributed by atoms with Crippen LogP contribution in [0.2, 0.25) is 5.02 Å². The molecule has 1 aliphatic heterocycles. The van der Waals surface area contributed by atoms with Crippen LogP contribution in [0.5, 0.6) is 5.88 Å². The molecule has 0 spiro atoms. The van der Waals surface area contributed by atoms with Gasteiger partial charge in [0.25, 0.3) is 0 Å². The highest BCUT2D eigenvalue weighted by molar-refractivity contribution is 6.30. The lowest BCUT2D eigenvalue weighted by molar-refractivity contribution is 0.275. The van der Waals surface area contributed by atoms with Gasteiger partial charge in [0.1, 0.15) is 11.6 Å². The van der Waals surface area contributed by atoms with E-state index in [1.54, 1.807) is 18.5 Å². The van der Waals surface area contributed by atoms with Crippen molar-refractivity contribution in [2.75, 3.05) is 30.3 Å². The van der Waals surface area contributed by atoms with E-state index in [1.807, 2.05) is 6.92 Å². The number of halogens is 1. The molecule has 2 N–H and O–H groups in total. The lowest BCUT2D eigenvalue weighted by atomic mass is 9.90. The Hall–Kier alpha value is -2.15. The van der Waals surface area contributed by atoms with E-state index in [9.17, 15) is 0 Å². The molecule has 27 heavy (non-hydrogen) atoms. The largest absolute Gasteiger partial charge is 0.478 e. The maximum absolute atomic E-state index is 5.87. The minimum atomic E-state index is 0.457. The van der Waals surface area contributed by atoms with Crippen LogP contribution in [0.3, 0.4) is 0 Å². The van der Waals surface area contributed by atoms with Crippen molar-refractivity contribution < 1.29 is 4.74 Å². The molecule has 4 rings (SSSR count). The molecule has 0 bridgehead atoms. The van der Waals surface area contributed by atoms with E-state index in [-0.39, 0.29) is 0 Å². The van der Waals surface area contributed by atoms with Gasteiger partial charge in [-0.2, -0.15) is 4.98 Å². The second-order valence-electron chi connectivity index (χ2n) is 7.50. The smallest absolute Gasteiger partial charge is 0.225 e. The highest BCUT2D eigenvalue weighted by atomic mass is 35.5. The number of nitrogens with zero attached hydrogens (tertiary/aromatic N) is 5. The maximum Gasteiger partial charge on any atom is 0.225 e. The Labute approximate surface area is 164 Å². The van der Waals surface area contributed by atoms with Crippen LogP contribution < -0.4 is 15.4 Å². The van der Waals surface area contributed by atoms with Crippen molar-refractivity contribution >= 4 is 23.4 Å². The van der Waals surface area contributed by atoms with Gasteiger partial charge < -0.3 is 15.4 Å². The van der Waals surface area contributed by atoms with Crippen LogP contribution in [0.25, 0.3) is 0 Å². The summed E-state index contributed by atoms with van der Waals surface area (Å²) < 4.78 is 5.77. The Bertz CT molecular complexity index is 758. The van der Waals surface area contributed by atoms with Gasteiger partial charge in [-0.05, 0) is 50.4 Å². The van der Waals surface area contributed by atoms with Crippen molar-refractivity contribution in [1.29, 1.82) is 0 Å². The van der Waals surface area contributed by atoms with Gasteiger partial charge in [-0.1, -0.05) is 11.6 Å². The van der Waals surface area contributed by atoms with Crippen molar-refractivity contribution in [3.05, 3.63) is 29.3 Å². The van der Waals surface area contributed by atoms with Crippen molar-refractivity contribution in [2.45, 2.75) is 32.6 Å². The number of nitrogen functional groups attached to an aromatic ring is 1. The van der Waals surface area contributed by atoms with Crippen molar-refractivity contribution in [3.8, 4) is 5.88 Å². The molecule has 2 aromatic rings. The summed E-state index contributed by atoms with van der Waals surface area (Å²) in [6.45, 7) is 4.55. The summed E-state index contributed by atoms with van der Waals surface area (Å²) in [5.41, 5.74) is 5.73. The zero-order chi connectivity index (χ0) is 18.8. The summed E-state index contributed by atoms with van der Waals surface area (Å²) in [6.07, 6.45) is 8.13. The summed E-state index contributed by atoms with van der Waals surface area (Å²) in [7, 11) is 0. The number of nitrogens with two attached hydrogens (primary N) is 1. The summed E-state index contributed by atoms with van der Waals surface area (Å²) in [6, 6.07) is 1.69. The van der Waals surface area contributed by atoms with Gasteiger partial charge in [0.2, 0.25) is 11.8 Å². The van der Waals surface area contributed by atoms with Crippen molar-refractivity contribution in [2.24, 2.45) is 17.8 Å². The Balaban J connectivity index is 1.19. The molecule has 1 aliphatic carbocycles. The number of hydrogen-bond acceptors (Lipinski definition) is 7. The fourth-order valence-corrected chi connectivity index (χ4v) is 4.23. The summed E-state index contributed by atoms with van der Waals surface area (Å²) in [5.74, 6) is 4.87. The third-order valence-electron chi connectivity index (χ3n) is 5.58. The molecule has 2 aromatic heterocycles. The van der Waals surface area contributed by atoms with E-state index in [0.717, 1.165) is 43.2 Å². The minimum absolute atomic E-state index is 0.457. The lowest BCUT2D eigenvalue weighted by Crippen LogP contribution is -2.35. The number of hydrogen-bond donors (Lipinski definition) is 1. The van der Waals surface area contributed by atoms with E-state index in [2.05, 4.69) is 24.8 Å². The van der Waals surface area contributed by atoms with Gasteiger partial charge in [-0.15, -0.1) is 0 Å². The van der Waals surface area contributed by atoms with E-state index in [4.69, 9.17) is 22.1 Å². The van der Waals surface area contributed by atoms with E-state index >= 15 is 0 Å². The van der Waals surface area contributed by atoms with Crippen molar-refractivity contribution in [3.63, 3.8) is 0 Å². The topological polar surface area (TPSA) is 90.1 Å². The minimum Gasteiger partial charge on any atom is -0.478 e. The molecule has 7 nitrogen and oxygen atoms in total. The predicted molar refractivity (Wildman–Crippen MR) is 105 cm³/mol. The molecular weight excluding hydrogens is 364 g/mol. The third kappa shape index (κ3) is 4.58. The molecular formula is C19H25ClN6O. The molecule has 0 radical (unpaired) electrons. The number of aromatic nitrogens is 4. The van der Waals surface area contributed by atoms with Crippen LogP contribution >= 0.6 is 11.6 Å². The second kappa shape index (κ2) is 7.84. The van der Waals surface area contributed by atoms with Crippen LogP contribution in [-0.4, -0.2) is 39.6 Å². The first-order valence-electron chi connectivity index (χ1n) is 9.55. The first-order valence-corrected chi connectivity index (χ1v) is 9.93. The summed E-state index contributed by atoms with van der Waals surface area (Å²) >= 11 is 5.87. The Kier molecular flexibility index (Phi) is 5.29. The molecule has 3 heterocycles. The summed E-state index contributed by atoms with van der Waals surface area (Å²) in [5, 5.41) is 0.580. The fraction of sp³-hybridized carbons (Fsp3) is 0.579. The number of anilines is 2. The standard InChI is InChI=1S/C19H25ClN6O/c1-12-24-17(21)9-18(25-12)27-7-4-14-8-16(14)13-2-5-26(6-3-13)19-22-10-15(20)11-23-19/h9-11,13-14,16H,2-8H2,1H3,(H2,21,24,25). The van der Waals surface area contributed by atoms with E-state index in [0.29, 0.717) is 29.2 Å². The van der Waals surface area contributed by atoms with Crippen LogP contribution in [0.15, 0.2) is 18.5 Å². The zero-order valence-corrected chi connectivity index (χ0v) is 16.3. The third-order valence-corrected chi connectivity index (χ3v) is 5.78. The number of aryl methyl sites for hydroxylation is 1. The van der Waals surface area contributed by atoms with Gasteiger partial charge in [0.05, 0.1) is 24.0 Å². The fourth-order valence-electron chi connectivity index (χ4n) is 4.13. The highest BCUT2D eigenvalue weighted by Gasteiger charge is 2.43. The number of ether oxygens (including phenoxy) is 1. The monoisotopic (exact) mass is 388 g/mol. The predicted octanol–water partition coefficient (Wildman–Crippen LogP) is 3.13. The molecule has 2 fully saturated rings. The van der Waals surface area contributed by atoms with E-state index in [1.165, 1.54) is 19.3 Å². The van der Waals surface area contributed by atoms with Crippen LogP contribution in [-0.2, 0) is 0 Å². The maximum atomic E-state index is 5.87. The summed E-state index contributed by atoms with van der Waals surface area (Å²) in [4.78, 5) is 19.2. The molecule has 0 aromatic carbocycles. The van der Waals surface area contributed by atoms with Gasteiger partial charge in [0, 0.05) is 19.2 Å². The van der Waals surface area contributed by atoms with Gasteiger partial charge in [-0.3, -0.25) is 0 Å². The SMILES string of the molecule is Cc1nc(N)cc(OCCC2CC2C2CCN(c3ncc(Cl)cn3)CC2)n1. The van der Waals surface area contributed by atoms with Gasteiger partial charge in [0.15, 0.2) is 0 Å². The first-order chi connectivity index (χ1) is 13.1. The van der Waals surface area contributed by atoms with Gasteiger partial charge in [-0.25, -0.2) is 15.0 Å². The second-order valence-corrected chi connectivity index (χ2v) is 7.94. The van der Waals surface area contributed by atoms with Gasteiger partial charge >= 0.3 is 0 Å². The molecule has 144 valence electrons. The van der Waals surface area contributed by atoms with Crippen LogP contribution in [0.4, 0.5) is 11.8 Å². The molecule has 1 saturated carbocycles. The van der Waals surface area contributed by atoms with E-state index < -0.39 is 0 Å². The molecule has 8 heteroatoms. The zero-order valence-electron chi connectivity index (χ0n) is 15.5. The number of piperidine rings is 1. The average molecular weight is 389 g/mol.